The number of benzene rings is 1. The van der Waals surface area contributed by atoms with Crippen LogP contribution in [0.2, 0.25) is 0 Å². The Hall–Kier alpha value is -1.39. The van der Waals surface area contributed by atoms with Gasteiger partial charge in [0.25, 0.3) is 0 Å². The second-order valence-electron chi connectivity index (χ2n) is 5.24. The molecule has 0 aliphatic rings. The number of nitrogens with zero attached hydrogens (tertiary/aromatic N) is 2. The molecule has 1 aromatic carbocycles. The third-order valence-electron chi connectivity index (χ3n) is 3.81. The minimum absolute atomic E-state index is 0.352. The van der Waals surface area contributed by atoms with Crippen LogP contribution in [0.3, 0.4) is 0 Å². The number of thiazole rings is 1. The van der Waals surface area contributed by atoms with Gasteiger partial charge < -0.3 is 10.2 Å². The molecule has 0 aliphatic heterocycles. The molecule has 4 heteroatoms. The molecule has 0 spiro atoms. The molecule has 1 heterocycles. The van der Waals surface area contributed by atoms with Gasteiger partial charge in [0.15, 0.2) is 5.13 Å². The van der Waals surface area contributed by atoms with E-state index in [1.165, 1.54) is 16.0 Å². The Morgan fingerprint density at radius 1 is 1.24 bits per heavy atom. The van der Waals surface area contributed by atoms with Crippen LogP contribution in [0.5, 0.6) is 0 Å². The largest absolute Gasteiger partial charge is 0.349 e. The fourth-order valence-corrected chi connectivity index (χ4v) is 3.44. The average Bonchev–Trinajstić information content (AvgIpc) is 2.95. The average molecular weight is 303 g/mol. The van der Waals surface area contributed by atoms with Gasteiger partial charge in [-0.1, -0.05) is 24.3 Å². The highest BCUT2D eigenvalue weighted by molar-refractivity contribution is 7.15. The van der Waals surface area contributed by atoms with Crippen molar-refractivity contribution in [3.05, 3.63) is 46.5 Å². The summed E-state index contributed by atoms with van der Waals surface area (Å²) in [5.74, 6) is 0. The van der Waals surface area contributed by atoms with Gasteiger partial charge >= 0.3 is 0 Å². The first-order valence-corrected chi connectivity index (χ1v) is 8.45. The van der Waals surface area contributed by atoms with Crippen LogP contribution < -0.4 is 10.2 Å². The highest BCUT2D eigenvalue weighted by Gasteiger charge is 2.10. The number of aryl methyl sites for hydroxylation is 1. The smallest absolute Gasteiger partial charge is 0.185 e. The lowest BCUT2D eigenvalue weighted by molar-refractivity contribution is 0.576. The topological polar surface area (TPSA) is 28.2 Å². The summed E-state index contributed by atoms with van der Waals surface area (Å²) in [5.41, 5.74) is 2.71. The van der Waals surface area contributed by atoms with Crippen molar-refractivity contribution in [3.63, 3.8) is 0 Å². The van der Waals surface area contributed by atoms with Gasteiger partial charge in [-0.05, 0) is 38.8 Å². The zero-order valence-electron chi connectivity index (χ0n) is 13.4. The van der Waals surface area contributed by atoms with E-state index < -0.39 is 0 Å². The zero-order valence-corrected chi connectivity index (χ0v) is 14.2. The lowest BCUT2D eigenvalue weighted by Gasteiger charge is -2.17. The second kappa shape index (κ2) is 7.57. The second-order valence-corrected chi connectivity index (χ2v) is 6.33. The van der Waals surface area contributed by atoms with Crippen molar-refractivity contribution < 1.29 is 0 Å². The van der Waals surface area contributed by atoms with Crippen LogP contribution >= 0.6 is 11.3 Å². The van der Waals surface area contributed by atoms with Gasteiger partial charge in [-0.3, -0.25) is 0 Å². The summed E-state index contributed by atoms with van der Waals surface area (Å²) >= 11 is 1.78. The molecule has 114 valence electrons. The molecule has 2 rings (SSSR count). The summed E-state index contributed by atoms with van der Waals surface area (Å²) in [4.78, 5) is 8.11. The maximum Gasteiger partial charge on any atom is 0.185 e. The fraction of sp³-hybridized carbons (Fsp3) is 0.471. The van der Waals surface area contributed by atoms with E-state index >= 15 is 0 Å². The number of anilines is 1. The van der Waals surface area contributed by atoms with E-state index in [1.807, 2.05) is 6.20 Å². The third kappa shape index (κ3) is 4.05. The quantitative estimate of drug-likeness (QED) is 0.833. The molecule has 1 aromatic heterocycles. The van der Waals surface area contributed by atoms with Crippen molar-refractivity contribution in [2.45, 2.75) is 40.3 Å². The van der Waals surface area contributed by atoms with Crippen LogP contribution in [0.25, 0.3) is 0 Å². The number of hydrogen-bond acceptors (Lipinski definition) is 4. The van der Waals surface area contributed by atoms with Crippen molar-refractivity contribution in [1.29, 1.82) is 0 Å². The molecular weight excluding hydrogens is 278 g/mol. The van der Waals surface area contributed by atoms with Gasteiger partial charge in [-0.2, -0.15) is 0 Å². The first-order chi connectivity index (χ1) is 10.2. The number of aromatic nitrogens is 1. The molecule has 0 bridgehead atoms. The summed E-state index contributed by atoms with van der Waals surface area (Å²) in [6.07, 6.45) is 2.00. The number of nitrogens with one attached hydrogen (secondary N) is 1. The highest BCUT2D eigenvalue weighted by atomic mass is 32.1. The van der Waals surface area contributed by atoms with Crippen LogP contribution in [0.15, 0.2) is 30.5 Å². The van der Waals surface area contributed by atoms with Crippen LogP contribution in [0, 0.1) is 6.92 Å². The Bertz CT molecular complexity index is 561. The molecule has 3 nitrogen and oxygen atoms in total. The highest BCUT2D eigenvalue weighted by Crippen LogP contribution is 2.23. The van der Waals surface area contributed by atoms with Crippen molar-refractivity contribution >= 4 is 16.5 Å². The Balaban J connectivity index is 1.96. The van der Waals surface area contributed by atoms with E-state index in [-0.39, 0.29) is 0 Å². The lowest BCUT2D eigenvalue weighted by Crippen LogP contribution is -2.21. The van der Waals surface area contributed by atoms with E-state index in [4.69, 9.17) is 0 Å². The van der Waals surface area contributed by atoms with Crippen molar-refractivity contribution in [3.8, 4) is 0 Å². The molecular formula is C17H25N3S. The maximum atomic E-state index is 4.53. The fourth-order valence-electron chi connectivity index (χ4n) is 2.46. The standard InChI is InChI=1S/C17H25N3S/c1-5-20(6-2)17-19-12-15(21-17)11-18-14(4)16-10-8-7-9-13(16)3/h7-10,12,14,18H,5-6,11H2,1-4H3/t14-/m0/s1. The Kier molecular flexibility index (Phi) is 5.76. The maximum absolute atomic E-state index is 4.53. The van der Waals surface area contributed by atoms with Crippen LogP contribution in [-0.4, -0.2) is 18.1 Å². The normalized spacial score (nSPS) is 12.4. The van der Waals surface area contributed by atoms with Crippen LogP contribution in [0.1, 0.15) is 42.8 Å². The molecule has 0 fully saturated rings. The molecule has 1 N–H and O–H groups in total. The van der Waals surface area contributed by atoms with Crippen molar-refractivity contribution in [2.75, 3.05) is 18.0 Å². The minimum atomic E-state index is 0.352. The summed E-state index contributed by atoms with van der Waals surface area (Å²) in [5, 5.41) is 4.72. The lowest BCUT2D eigenvalue weighted by atomic mass is 10.0. The predicted octanol–water partition coefficient (Wildman–Crippen LogP) is 4.15. The monoisotopic (exact) mass is 303 g/mol. The molecule has 0 saturated carbocycles. The van der Waals surface area contributed by atoms with Crippen molar-refractivity contribution in [1.82, 2.24) is 10.3 Å². The Labute approximate surface area is 132 Å². The first kappa shape index (κ1) is 16.0. The molecule has 21 heavy (non-hydrogen) atoms. The van der Waals surface area contributed by atoms with E-state index in [2.05, 4.69) is 67.2 Å². The van der Waals surface area contributed by atoms with E-state index in [1.54, 1.807) is 11.3 Å². The van der Waals surface area contributed by atoms with E-state index in [0.717, 1.165) is 24.8 Å². The number of rotatable bonds is 7. The molecule has 2 aromatic rings. The van der Waals surface area contributed by atoms with Crippen LogP contribution in [0.4, 0.5) is 5.13 Å². The van der Waals surface area contributed by atoms with Gasteiger partial charge in [0, 0.05) is 36.8 Å². The molecule has 0 aliphatic carbocycles. The number of hydrogen-bond donors (Lipinski definition) is 1. The predicted molar refractivity (Wildman–Crippen MR) is 92.1 cm³/mol. The summed E-state index contributed by atoms with van der Waals surface area (Å²) in [7, 11) is 0. The zero-order chi connectivity index (χ0) is 15.2. The Morgan fingerprint density at radius 2 is 1.95 bits per heavy atom. The molecule has 0 saturated heterocycles. The third-order valence-corrected chi connectivity index (χ3v) is 4.87. The SMILES string of the molecule is CCN(CC)c1ncc(CN[C@@H](C)c2ccccc2C)s1. The van der Waals surface area contributed by atoms with E-state index in [9.17, 15) is 0 Å². The van der Waals surface area contributed by atoms with Gasteiger partial charge in [0.05, 0.1) is 0 Å². The van der Waals surface area contributed by atoms with Crippen LogP contribution in [-0.2, 0) is 6.54 Å². The molecule has 0 radical (unpaired) electrons. The Morgan fingerprint density at radius 3 is 2.62 bits per heavy atom. The van der Waals surface area contributed by atoms with Gasteiger partial charge in [-0.25, -0.2) is 4.98 Å². The summed E-state index contributed by atoms with van der Waals surface area (Å²) < 4.78 is 0. The van der Waals surface area contributed by atoms with Gasteiger partial charge in [0.2, 0.25) is 0 Å². The van der Waals surface area contributed by atoms with E-state index in [0.29, 0.717) is 6.04 Å². The summed E-state index contributed by atoms with van der Waals surface area (Å²) in [6, 6.07) is 8.90. The molecule has 1 atom stereocenters. The van der Waals surface area contributed by atoms with Crippen molar-refractivity contribution in [2.24, 2.45) is 0 Å². The molecule has 0 amide bonds. The minimum Gasteiger partial charge on any atom is -0.349 e. The van der Waals surface area contributed by atoms with Gasteiger partial charge in [-0.15, -0.1) is 11.3 Å². The summed E-state index contributed by atoms with van der Waals surface area (Å²) in [6.45, 7) is 11.6. The molecule has 0 unspecified atom stereocenters. The first-order valence-electron chi connectivity index (χ1n) is 7.64. The van der Waals surface area contributed by atoms with Gasteiger partial charge in [0.1, 0.15) is 0 Å².